The van der Waals surface area contributed by atoms with E-state index in [1.54, 1.807) is 24.9 Å². The van der Waals surface area contributed by atoms with Crippen molar-refractivity contribution in [1.29, 1.82) is 0 Å². The van der Waals surface area contributed by atoms with Crippen LogP contribution in [0.25, 0.3) is 11.0 Å². The van der Waals surface area contributed by atoms with Crippen LogP contribution in [-0.2, 0) is 13.2 Å². The Balaban J connectivity index is 1.88. The lowest BCUT2D eigenvalue weighted by Crippen LogP contribution is -2.10. The van der Waals surface area contributed by atoms with Gasteiger partial charge < -0.3 is 5.32 Å². The molecule has 1 atom stereocenters. The molecule has 2 aromatic heterocycles. The Bertz CT molecular complexity index is 868. The Morgan fingerprint density at radius 3 is 2.42 bits per heavy atom. The Labute approximate surface area is 136 Å². The van der Waals surface area contributed by atoms with Gasteiger partial charge in [0.2, 0.25) is 0 Å². The zero-order valence-corrected chi connectivity index (χ0v) is 13.4. The maximum absolute atomic E-state index is 12.6. The number of hydrogen-bond donors (Lipinski definition) is 1. The Hall–Kier alpha value is -2.64. The normalized spacial score (nSPS) is 13.2. The van der Waals surface area contributed by atoms with E-state index in [2.05, 4.69) is 20.4 Å². The van der Waals surface area contributed by atoms with Crippen LogP contribution >= 0.6 is 0 Å². The van der Waals surface area contributed by atoms with Crippen molar-refractivity contribution >= 4 is 16.9 Å². The summed E-state index contributed by atoms with van der Waals surface area (Å²) in [6.07, 6.45) is -2.67. The molecule has 0 unspecified atom stereocenters. The first-order valence-electron chi connectivity index (χ1n) is 7.36. The molecule has 0 aliphatic rings. The van der Waals surface area contributed by atoms with Crippen LogP contribution in [0.4, 0.5) is 19.0 Å². The van der Waals surface area contributed by atoms with Crippen molar-refractivity contribution in [3.05, 3.63) is 47.4 Å². The Kier molecular flexibility index (Phi) is 3.90. The molecule has 0 saturated heterocycles. The van der Waals surface area contributed by atoms with Crippen LogP contribution in [-0.4, -0.2) is 19.7 Å². The first-order chi connectivity index (χ1) is 11.3. The Morgan fingerprint density at radius 2 is 1.79 bits per heavy atom. The van der Waals surface area contributed by atoms with Gasteiger partial charge in [0.15, 0.2) is 5.65 Å². The molecular weight excluding hydrogens is 319 g/mol. The fourth-order valence-electron chi connectivity index (χ4n) is 2.49. The maximum atomic E-state index is 12.6. The van der Waals surface area contributed by atoms with Crippen molar-refractivity contribution in [2.75, 3.05) is 5.32 Å². The molecule has 1 aromatic carbocycles. The van der Waals surface area contributed by atoms with Gasteiger partial charge in [-0.1, -0.05) is 12.1 Å². The second-order valence-corrected chi connectivity index (χ2v) is 5.61. The van der Waals surface area contributed by atoms with Gasteiger partial charge in [0, 0.05) is 13.1 Å². The largest absolute Gasteiger partial charge is 0.416 e. The van der Waals surface area contributed by atoms with Crippen LogP contribution < -0.4 is 5.32 Å². The summed E-state index contributed by atoms with van der Waals surface area (Å²) in [7, 11) is 1.79. The number of fused-ring (bicyclic) bond motifs is 1. The van der Waals surface area contributed by atoms with Crippen LogP contribution in [0.2, 0.25) is 0 Å². The summed E-state index contributed by atoms with van der Waals surface area (Å²) in [5.41, 5.74) is 0.770. The predicted molar refractivity (Wildman–Crippen MR) is 84.5 cm³/mol. The van der Waals surface area contributed by atoms with E-state index < -0.39 is 11.7 Å². The van der Waals surface area contributed by atoms with Crippen molar-refractivity contribution < 1.29 is 13.2 Å². The molecule has 3 rings (SSSR count). The molecular formula is C16H16F3N5. The number of halogens is 3. The van der Waals surface area contributed by atoms with E-state index in [-0.39, 0.29) is 6.04 Å². The molecule has 0 spiro atoms. The smallest absolute Gasteiger partial charge is 0.363 e. The lowest BCUT2D eigenvalue weighted by Gasteiger charge is -2.16. The molecule has 3 aromatic rings. The summed E-state index contributed by atoms with van der Waals surface area (Å²) in [6, 6.07) is 4.88. The van der Waals surface area contributed by atoms with Crippen molar-refractivity contribution in [3.8, 4) is 0 Å². The first-order valence-corrected chi connectivity index (χ1v) is 7.36. The summed E-state index contributed by atoms with van der Waals surface area (Å²) in [5, 5.41) is 8.16. The quantitative estimate of drug-likeness (QED) is 0.789. The van der Waals surface area contributed by atoms with Gasteiger partial charge in [-0.2, -0.15) is 18.3 Å². The van der Waals surface area contributed by atoms with Crippen LogP contribution in [0, 0.1) is 6.92 Å². The van der Waals surface area contributed by atoms with E-state index in [9.17, 15) is 13.2 Å². The number of nitrogens with one attached hydrogen (secondary N) is 1. The number of alkyl halides is 3. The fourth-order valence-corrected chi connectivity index (χ4v) is 2.49. The fraction of sp³-hybridized carbons (Fsp3) is 0.312. The summed E-state index contributed by atoms with van der Waals surface area (Å²) in [4.78, 5) is 8.72. The minimum Gasteiger partial charge on any atom is -0.363 e. The zero-order valence-electron chi connectivity index (χ0n) is 13.4. The van der Waals surface area contributed by atoms with Gasteiger partial charge in [-0.25, -0.2) is 9.97 Å². The molecule has 1 N–H and O–H groups in total. The van der Waals surface area contributed by atoms with E-state index in [0.717, 1.165) is 23.1 Å². The van der Waals surface area contributed by atoms with Crippen LogP contribution in [0.1, 0.15) is 29.9 Å². The van der Waals surface area contributed by atoms with Crippen molar-refractivity contribution in [2.24, 2.45) is 7.05 Å². The van der Waals surface area contributed by atoms with Gasteiger partial charge in [0.05, 0.1) is 17.1 Å². The minimum atomic E-state index is -4.33. The molecule has 0 amide bonds. The lowest BCUT2D eigenvalue weighted by atomic mass is 10.1. The number of aryl methyl sites for hydroxylation is 2. The SMILES string of the molecule is Cc1nc(N[C@H](C)c2ccc(C(F)(F)F)cc2)c2cnn(C)c2n1. The van der Waals surface area contributed by atoms with E-state index >= 15 is 0 Å². The summed E-state index contributed by atoms with van der Waals surface area (Å²) < 4.78 is 39.6. The van der Waals surface area contributed by atoms with E-state index in [1.807, 2.05) is 6.92 Å². The molecule has 2 heterocycles. The van der Waals surface area contributed by atoms with Crippen molar-refractivity contribution in [1.82, 2.24) is 19.7 Å². The molecule has 0 saturated carbocycles. The minimum absolute atomic E-state index is 0.218. The van der Waals surface area contributed by atoms with Gasteiger partial charge in [0.1, 0.15) is 11.6 Å². The van der Waals surface area contributed by atoms with Crippen molar-refractivity contribution in [2.45, 2.75) is 26.1 Å². The van der Waals surface area contributed by atoms with Gasteiger partial charge >= 0.3 is 6.18 Å². The molecule has 0 fully saturated rings. The van der Waals surface area contributed by atoms with Crippen LogP contribution in [0.3, 0.4) is 0 Å². The Morgan fingerprint density at radius 1 is 1.12 bits per heavy atom. The summed E-state index contributed by atoms with van der Waals surface area (Å²) in [5.74, 6) is 1.20. The summed E-state index contributed by atoms with van der Waals surface area (Å²) >= 11 is 0. The third-order valence-corrected chi connectivity index (χ3v) is 3.80. The number of hydrogen-bond acceptors (Lipinski definition) is 4. The van der Waals surface area contributed by atoms with Crippen LogP contribution in [0.15, 0.2) is 30.5 Å². The van der Waals surface area contributed by atoms with E-state index in [0.29, 0.717) is 17.3 Å². The molecule has 8 heteroatoms. The van der Waals surface area contributed by atoms with E-state index in [4.69, 9.17) is 0 Å². The zero-order chi connectivity index (χ0) is 17.5. The average molecular weight is 335 g/mol. The van der Waals surface area contributed by atoms with Gasteiger partial charge in [-0.3, -0.25) is 4.68 Å². The monoisotopic (exact) mass is 335 g/mol. The highest BCUT2D eigenvalue weighted by Gasteiger charge is 2.30. The first kappa shape index (κ1) is 16.2. The van der Waals surface area contributed by atoms with Gasteiger partial charge in [-0.05, 0) is 31.5 Å². The third-order valence-electron chi connectivity index (χ3n) is 3.80. The molecule has 0 aliphatic heterocycles. The molecule has 126 valence electrons. The molecule has 5 nitrogen and oxygen atoms in total. The lowest BCUT2D eigenvalue weighted by molar-refractivity contribution is -0.137. The highest BCUT2D eigenvalue weighted by molar-refractivity contribution is 5.86. The van der Waals surface area contributed by atoms with E-state index in [1.165, 1.54) is 12.1 Å². The van der Waals surface area contributed by atoms with Crippen molar-refractivity contribution in [3.63, 3.8) is 0 Å². The molecule has 0 aliphatic carbocycles. The van der Waals surface area contributed by atoms with Gasteiger partial charge in [0.25, 0.3) is 0 Å². The standard InChI is InChI=1S/C16H16F3N5/c1-9(11-4-6-12(7-5-11)16(17,18)19)21-14-13-8-20-24(3)15(13)23-10(2)22-14/h4-9H,1-3H3,(H,21,22,23)/t9-/m1/s1. The number of anilines is 1. The number of nitrogens with zero attached hydrogens (tertiary/aromatic N) is 4. The third kappa shape index (κ3) is 3.04. The topological polar surface area (TPSA) is 55.6 Å². The number of benzene rings is 1. The number of rotatable bonds is 3. The second-order valence-electron chi connectivity index (χ2n) is 5.61. The second kappa shape index (κ2) is 5.77. The predicted octanol–water partition coefficient (Wildman–Crippen LogP) is 3.86. The maximum Gasteiger partial charge on any atom is 0.416 e. The van der Waals surface area contributed by atoms with Gasteiger partial charge in [-0.15, -0.1) is 0 Å². The highest BCUT2D eigenvalue weighted by atomic mass is 19.4. The molecule has 0 bridgehead atoms. The number of aromatic nitrogens is 4. The molecule has 0 radical (unpaired) electrons. The molecule has 24 heavy (non-hydrogen) atoms. The van der Waals surface area contributed by atoms with Crippen LogP contribution in [0.5, 0.6) is 0 Å². The highest BCUT2D eigenvalue weighted by Crippen LogP contribution is 2.30. The average Bonchev–Trinajstić information content (AvgIpc) is 2.88. The summed E-state index contributed by atoms with van der Waals surface area (Å²) in [6.45, 7) is 3.64.